The molecule has 2 saturated heterocycles. The largest absolute Gasteiger partial charge is 1.00 e. The second kappa shape index (κ2) is 26.4. The van der Waals surface area contributed by atoms with Gasteiger partial charge in [-0.3, -0.25) is 9.78 Å². The molecule has 0 saturated carbocycles. The van der Waals surface area contributed by atoms with Gasteiger partial charge in [0.05, 0.1) is 24.2 Å². The topological polar surface area (TPSA) is 219 Å². The van der Waals surface area contributed by atoms with Gasteiger partial charge in [0.15, 0.2) is 11.4 Å². The van der Waals surface area contributed by atoms with E-state index in [0.29, 0.717) is 50.2 Å². The summed E-state index contributed by atoms with van der Waals surface area (Å²) < 4.78 is 22.4. The van der Waals surface area contributed by atoms with E-state index in [0.717, 1.165) is 40.2 Å². The van der Waals surface area contributed by atoms with E-state index < -0.39 is 17.7 Å². The van der Waals surface area contributed by atoms with Crippen molar-refractivity contribution < 1.29 is 191 Å². The molecule has 4 heterocycles. The van der Waals surface area contributed by atoms with Crippen LogP contribution in [0.1, 0.15) is 76.4 Å². The third kappa shape index (κ3) is 18.5. The minimum Gasteiger partial charge on any atom is -0.565 e. The number of nitrogens with one attached hydrogen (secondary N) is 1. The molecule has 2 N–H and O–H groups in total. The van der Waals surface area contributed by atoms with Crippen LogP contribution in [0, 0.1) is 11.8 Å². The number of nitrogens with zero attached hydrogens (tertiary/aromatic N) is 5. The van der Waals surface area contributed by atoms with Crippen LogP contribution >= 0.6 is 15.9 Å². The van der Waals surface area contributed by atoms with Gasteiger partial charge in [0.25, 0.3) is 0 Å². The molecule has 0 aliphatic carbocycles. The van der Waals surface area contributed by atoms with Crippen molar-refractivity contribution in [3.8, 4) is 0 Å². The van der Waals surface area contributed by atoms with Crippen molar-refractivity contribution in [2.45, 2.75) is 73.1 Å². The molecule has 4 aromatic rings. The van der Waals surface area contributed by atoms with E-state index in [1.165, 1.54) is 0 Å². The molecule has 2 fully saturated rings. The molecule has 312 valence electrons. The van der Waals surface area contributed by atoms with Crippen LogP contribution in [0.25, 0.3) is 21.8 Å². The SMILES string of the molecule is CC(C)(C)OC(=O)N1CC(CBr)C1.CCOC(=O)c1n[nH]c2ccccc12.CCOC(=O)c1nn(CC2CN(C(=O)OC(C)(C)C)C2)c2ccccc12.O=C([O-])O.[Cs+].[Cs+]. The Balaban J connectivity index is 0.000000448. The number of H-pyrrole nitrogens is 1. The average Bonchev–Trinajstić information content (AvgIpc) is 3.67. The van der Waals surface area contributed by atoms with Gasteiger partial charge in [-0.15, -0.1) is 0 Å². The summed E-state index contributed by atoms with van der Waals surface area (Å²) in [5.41, 5.74) is 1.56. The number of aromatic nitrogens is 4. The number of hydrogen-bond acceptors (Lipinski definition) is 12. The molecule has 2 aromatic heterocycles. The number of carbonyl (C=O) groups excluding carboxylic acids is 4. The van der Waals surface area contributed by atoms with Crippen LogP contribution in [0.15, 0.2) is 48.5 Å². The maximum absolute atomic E-state index is 12.1. The number of hydrogen-bond donors (Lipinski definition) is 2. The fourth-order valence-corrected chi connectivity index (χ4v) is 5.89. The number of esters is 2. The fourth-order valence-electron chi connectivity index (χ4n) is 5.48. The zero-order valence-corrected chi connectivity index (χ0v) is 49.7. The number of amides is 2. The third-order valence-corrected chi connectivity index (χ3v) is 8.85. The van der Waals surface area contributed by atoms with Gasteiger partial charge in [0.2, 0.25) is 6.16 Å². The minimum atomic E-state index is -2.08. The van der Waals surface area contributed by atoms with Crippen molar-refractivity contribution in [3.05, 3.63) is 59.9 Å². The van der Waals surface area contributed by atoms with Crippen molar-refractivity contribution in [2.24, 2.45) is 11.8 Å². The first-order valence-corrected chi connectivity index (χ1v) is 19.5. The molecule has 17 nitrogen and oxygen atoms in total. The smallest absolute Gasteiger partial charge is 0.565 e. The molecule has 0 spiro atoms. The molecule has 0 bridgehead atoms. The van der Waals surface area contributed by atoms with Gasteiger partial charge >= 0.3 is 162 Å². The predicted octanol–water partition coefficient (Wildman–Crippen LogP) is -0.0366. The zero-order valence-electron chi connectivity index (χ0n) is 35.6. The number of rotatable bonds is 7. The first kappa shape index (κ1) is 55.7. The Morgan fingerprint density at radius 2 is 1.20 bits per heavy atom. The monoisotopic (exact) mass is 1130 g/mol. The van der Waals surface area contributed by atoms with Crippen molar-refractivity contribution in [2.75, 3.05) is 44.7 Å². The Morgan fingerprint density at radius 1 is 0.763 bits per heavy atom. The van der Waals surface area contributed by atoms with Crippen LogP contribution in [0.5, 0.6) is 0 Å². The summed E-state index contributed by atoms with van der Waals surface area (Å²) in [5, 5.41) is 29.0. The Morgan fingerprint density at radius 3 is 1.68 bits per heavy atom. The first-order valence-electron chi connectivity index (χ1n) is 18.4. The quantitative estimate of drug-likeness (QED) is 0.141. The number of aromatic amines is 1. The molecular weight excluding hydrogens is 1070 g/mol. The molecule has 2 aliphatic rings. The van der Waals surface area contributed by atoms with Gasteiger partial charge in [-0.05, 0) is 67.5 Å². The van der Waals surface area contributed by atoms with Crippen LogP contribution < -0.4 is 143 Å². The van der Waals surface area contributed by atoms with Gasteiger partial charge in [0.1, 0.15) is 11.2 Å². The Labute approximate surface area is 470 Å². The van der Waals surface area contributed by atoms with Crippen LogP contribution in [-0.2, 0) is 25.5 Å². The zero-order chi connectivity index (χ0) is 42.5. The molecular formula is C39H52BrCs2N6O11+. The average molecular weight is 1130 g/mol. The van der Waals surface area contributed by atoms with Crippen molar-refractivity contribution in [1.82, 2.24) is 29.8 Å². The Hall–Kier alpha value is -1.29. The summed E-state index contributed by atoms with van der Waals surface area (Å²) >= 11 is 3.39. The van der Waals surface area contributed by atoms with E-state index in [9.17, 15) is 19.2 Å². The van der Waals surface area contributed by atoms with Gasteiger partial charge < -0.3 is 43.8 Å². The maximum Gasteiger partial charge on any atom is 1.00 e. The summed E-state index contributed by atoms with van der Waals surface area (Å²) in [5.74, 6) is 0.0878. The first-order chi connectivity index (χ1) is 26.8. The molecule has 0 radical (unpaired) electrons. The van der Waals surface area contributed by atoms with Crippen molar-refractivity contribution >= 4 is 68.0 Å². The summed E-state index contributed by atoms with van der Waals surface area (Å²) in [7, 11) is 0. The number of fused-ring (bicyclic) bond motifs is 2. The molecule has 0 unspecified atom stereocenters. The van der Waals surface area contributed by atoms with E-state index in [1.54, 1.807) is 23.6 Å². The van der Waals surface area contributed by atoms with Crippen LogP contribution in [-0.4, -0.2) is 121 Å². The summed E-state index contributed by atoms with van der Waals surface area (Å²) in [4.78, 5) is 58.9. The molecule has 59 heavy (non-hydrogen) atoms. The Kier molecular flexibility index (Phi) is 24.9. The summed E-state index contributed by atoms with van der Waals surface area (Å²) in [6, 6.07) is 15.1. The molecule has 2 aliphatic heterocycles. The summed E-state index contributed by atoms with van der Waals surface area (Å²) in [6.45, 7) is 19.0. The maximum atomic E-state index is 12.1. The minimum absolute atomic E-state index is 0. The molecule has 2 aromatic carbocycles. The number of para-hydroxylation sites is 2. The number of likely N-dealkylation sites (tertiary alicyclic amines) is 2. The third-order valence-electron chi connectivity index (χ3n) is 7.93. The van der Waals surface area contributed by atoms with E-state index in [-0.39, 0.29) is 167 Å². The molecule has 6 rings (SSSR count). The van der Waals surface area contributed by atoms with Gasteiger partial charge in [-0.2, -0.15) is 10.2 Å². The van der Waals surface area contributed by atoms with Gasteiger partial charge in [0, 0.05) is 60.7 Å². The second-order valence-electron chi connectivity index (χ2n) is 15.0. The fraction of sp³-hybridized carbons (Fsp3) is 0.513. The Bertz CT molecular complexity index is 1980. The number of alkyl halides is 1. The van der Waals surface area contributed by atoms with E-state index in [1.807, 2.05) is 94.8 Å². The van der Waals surface area contributed by atoms with Crippen molar-refractivity contribution in [1.29, 1.82) is 0 Å². The van der Waals surface area contributed by atoms with Crippen LogP contribution in [0.4, 0.5) is 14.4 Å². The van der Waals surface area contributed by atoms with E-state index in [4.69, 9.17) is 34.0 Å². The van der Waals surface area contributed by atoms with Crippen LogP contribution in [0.3, 0.4) is 0 Å². The molecule has 0 atom stereocenters. The predicted molar refractivity (Wildman–Crippen MR) is 212 cm³/mol. The van der Waals surface area contributed by atoms with E-state index in [2.05, 4.69) is 31.2 Å². The van der Waals surface area contributed by atoms with Crippen LogP contribution in [0.2, 0.25) is 0 Å². The molecule has 20 heteroatoms. The second-order valence-corrected chi connectivity index (χ2v) is 15.7. The number of benzene rings is 2. The number of carboxylic acid groups (broad SMARTS) is 2. The number of halogens is 1. The van der Waals surface area contributed by atoms with Gasteiger partial charge in [-0.1, -0.05) is 52.3 Å². The van der Waals surface area contributed by atoms with Gasteiger partial charge in [-0.25, -0.2) is 19.2 Å². The summed E-state index contributed by atoms with van der Waals surface area (Å²) in [6.07, 6.45) is -2.56. The number of carbonyl (C=O) groups is 5. The normalized spacial score (nSPS) is 13.5. The van der Waals surface area contributed by atoms with Crippen molar-refractivity contribution in [3.63, 3.8) is 0 Å². The number of ether oxygens (including phenoxy) is 4. The molecule has 2 amide bonds. The standard InChI is InChI=1S/C19H25N3O4.C10H10N2O2.C9H16BrNO2.CH2O3.2Cs/c1-5-25-17(23)16-14-8-6-7-9-15(14)22(20-16)12-13-10-21(11-13)18(24)26-19(2,3)4;1-2-14-10(13)9-7-5-3-4-6-8(7)11-12-9;1-9(2,3)13-8(12)11-5-7(4-10)6-11;2-1(3)4;;/h6-9,13H,5,10-12H2,1-4H3;3-6H,2H2,1H3,(H,11,12);7H,4-6H2,1-3H3;(H2,2,3,4);;/q;;;;2*+1/p-1. The van der Waals surface area contributed by atoms with E-state index >= 15 is 0 Å².